The maximum atomic E-state index is 11.8. The van der Waals surface area contributed by atoms with Crippen molar-refractivity contribution in [1.82, 2.24) is 5.32 Å². The highest BCUT2D eigenvalue weighted by Crippen LogP contribution is 2.23. The van der Waals surface area contributed by atoms with Crippen molar-refractivity contribution in [3.8, 4) is 5.75 Å². The van der Waals surface area contributed by atoms with Gasteiger partial charge in [0.25, 0.3) is 0 Å². The van der Waals surface area contributed by atoms with Crippen LogP contribution in [0, 0.1) is 0 Å². The summed E-state index contributed by atoms with van der Waals surface area (Å²) in [6.07, 6.45) is 3.43. The second kappa shape index (κ2) is 7.75. The summed E-state index contributed by atoms with van der Waals surface area (Å²) < 4.78 is 5.45. The predicted octanol–water partition coefficient (Wildman–Crippen LogP) is 3.88. The number of nitrogens with one attached hydrogen (secondary N) is 2. The Bertz CT molecular complexity index is 609. The number of benzene rings is 2. The van der Waals surface area contributed by atoms with Crippen LogP contribution in [0.15, 0.2) is 60.8 Å². The topological polar surface area (TPSA) is 50.4 Å². The van der Waals surface area contributed by atoms with Gasteiger partial charge < -0.3 is 15.4 Å². The normalized spacial score (nSPS) is 10.3. The number of amides is 2. The molecule has 0 fully saturated rings. The third-order valence-electron chi connectivity index (χ3n) is 2.72. The molecule has 2 amide bonds. The summed E-state index contributed by atoms with van der Waals surface area (Å²) in [6.45, 7) is 2.45. The summed E-state index contributed by atoms with van der Waals surface area (Å²) >= 11 is 0. The van der Waals surface area contributed by atoms with E-state index in [4.69, 9.17) is 4.74 Å². The number of rotatable bonds is 5. The average molecular weight is 282 g/mol. The fourth-order valence-electron chi connectivity index (χ4n) is 1.79. The van der Waals surface area contributed by atoms with E-state index in [0.29, 0.717) is 18.0 Å². The molecule has 0 aliphatic rings. The number of urea groups is 1. The fraction of sp³-hybridized carbons (Fsp3) is 0.118. The van der Waals surface area contributed by atoms with Crippen molar-refractivity contribution < 1.29 is 9.53 Å². The largest absolute Gasteiger partial charge is 0.492 e. The quantitative estimate of drug-likeness (QED) is 0.874. The van der Waals surface area contributed by atoms with Gasteiger partial charge in [-0.3, -0.25) is 0 Å². The van der Waals surface area contributed by atoms with Crippen molar-refractivity contribution in [3.05, 3.63) is 66.4 Å². The Morgan fingerprint density at radius 2 is 1.81 bits per heavy atom. The molecule has 21 heavy (non-hydrogen) atoms. The molecule has 0 aliphatic carbocycles. The number of hydrogen-bond acceptors (Lipinski definition) is 2. The third kappa shape index (κ3) is 4.69. The van der Waals surface area contributed by atoms with Crippen molar-refractivity contribution in [1.29, 1.82) is 0 Å². The molecule has 0 aromatic heterocycles. The summed E-state index contributed by atoms with van der Waals surface area (Å²) in [6, 6.07) is 16.8. The first-order valence-corrected chi connectivity index (χ1v) is 6.80. The SMILES string of the molecule is CCOc1ccccc1NC(=O)N/C=C/c1ccccc1. The first-order chi connectivity index (χ1) is 10.3. The van der Waals surface area contributed by atoms with Crippen LogP contribution in [-0.2, 0) is 0 Å². The number of carbonyl (C=O) groups is 1. The van der Waals surface area contributed by atoms with E-state index in [9.17, 15) is 4.79 Å². The molecule has 0 saturated heterocycles. The van der Waals surface area contributed by atoms with Crippen LogP contribution in [0.4, 0.5) is 10.5 Å². The van der Waals surface area contributed by atoms with E-state index in [0.717, 1.165) is 5.56 Å². The third-order valence-corrected chi connectivity index (χ3v) is 2.72. The number of hydrogen-bond donors (Lipinski definition) is 2. The summed E-state index contributed by atoms with van der Waals surface area (Å²) in [5.74, 6) is 0.655. The molecule has 108 valence electrons. The van der Waals surface area contributed by atoms with Crippen LogP contribution < -0.4 is 15.4 Å². The molecule has 2 aromatic carbocycles. The second-order valence-electron chi connectivity index (χ2n) is 4.27. The number of ether oxygens (including phenoxy) is 1. The molecule has 0 aliphatic heterocycles. The maximum absolute atomic E-state index is 11.8. The van der Waals surface area contributed by atoms with Gasteiger partial charge in [0.2, 0.25) is 0 Å². The zero-order valence-electron chi connectivity index (χ0n) is 11.9. The summed E-state index contributed by atoms with van der Waals surface area (Å²) in [5, 5.41) is 5.42. The van der Waals surface area contributed by atoms with E-state index < -0.39 is 0 Å². The molecule has 4 nitrogen and oxygen atoms in total. The minimum atomic E-state index is -0.311. The van der Waals surface area contributed by atoms with E-state index >= 15 is 0 Å². The van der Waals surface area contributed by atoms with Gasteiger partial charge in [-0.1, -0.05) is 42.5 Å². The zero-order valence-corrected chi connectivity index (χ0v) is 11.9. The van der Waals surface area contributed by atoms with Crippen molar-refractivity contribution in [2.24, 2.45) is 0 Å². The average Bonchev–Trinajstić information content (AvgIpc) is 2.50. The van der Waals surface area contributed by atoms with Crippen LogP contribution in [0.25, 0.3) is 6.08 Å². The molecule has 0 spiro atoms. The molecule has 0 radical (unpaired) electrons. The lowest BCUT2D eigenvalue weighted by Crippen LogP contribution is -2.24. The van der Waals surface area contributed by atoms with Gasteiger partial charge in [0, 0.05) is 6.20 Å². The van der Waals surface area contributed by atoms with Crippen molar-refractivity contribution in [3.63, 3.8) is 0 Å². The highest BCUT2D eigenvalue weighted by Gasteiger charge is 2.05. The minimum Gasteiger partial charge on any atom is -0.492 e. The number of carbonyl (C=O) groups excluding carboxylic acids is 1. The van der Waals surface area contributed by atoms with E-state index in [1.807, 2.05) is 61.5 Å². The molecule has 0 atom stereocenters. The second-order valence-corrected chi connectivity index (χ2v) is 4.27. The van der Waals surface area contributed by atoms with E-state index in [1.54, 1.807) is 12.3 Å². The van der Waals surface area contributed by atoms with Gasteiger partial charge in [-0.15, -0.1) is 0 Å². The highest BCUT2D eigenvalue weighted by molar-refractivity contribution is 5.91. The van der Waals surface area contributed by atoms with E-state index in [-0.39, 0.29) is 6.03 Å². The monoisotopic (exact) mass is 282 g/mol. The van der Waals surface area contributed by atoms with Gasteiger partial charge in [-0.2, -0.15) is 0 Å². The molecular weight excluding hydrogens is 264 g/mol. The molecule has 0 unspecified atom stereocenters. The molecule has 0 saturated carbocycles. The molecule has 2 N–H and O–H groups in total. The molecule has 4 heteroatoms. The number of para-hydroxylation sites is 2. The van der Waals surface area contributed by atoms with Gasteiger partial charge in [-0.05, 0) is 30.7 Å². The lowest BCUT2D eigenvalue weighted by atomic mass is 10.2. The van der Waals surface area contributed by atoms with Gasteiger partial charge in [-0.25, -0.2) is 4.79 Å². The Morgan fingerprint density at radius 1 is 1.10 bits per heavy atom. The zero-order chi connectivity index (χ0) is 14.9. The van der Waals surface area contributed by atoms with Gasteiger partial charge in [0.1, 0.15) is 5.75 Å². The maximum Gasteiger partial charge on any atom is 0.323 e. The number of anilines is 1. The van der Waals surface area contributed by atoms with Crippen LogP contribution in [0.5, 0.6) is 5.75 Å². The molecule has 2 rings (SSSR count). The van der Waals surface area contributed by atoms with E-state index in [2.05, 4.69) is 10.6 Å². The standard InChI is InChI=1S/C17H18N2O2/c1-2-21-16-11-7-6-10-15(16)19-17(20)18-13-12-14-8-4-3-5-9-14/h3-13H,2H2,1H3,(H2,18,19,20)/b13-12+. The van der Waals surface area contributed by atoms with Gasteiger partial charge >= 0.3 is 6.03 Å². The van der Waals surface area contributed by atoms with Crippen molar-refractivity contribution in [2.75, 3.05) is 11.9 Å². The summed E-state index contributed by atoms with van der Waals surface area (Å²) in [4.78, 5) is 11.8. The predicted molar refractivity (Wildman–Crippen MR) is 85.2 cm³/mol. The Hall–Kier alpha value is -2.75. The van der Waals surface area contributed by atoms with Gasteiger partial charge in [0.05, 0.1) is 12.3 Å². The minimum absolute atomic E-state index is 0.311. The summed E-state index contributed by atoms with van der Waals surface area (Å²) in [7, 11) is 0. The first kappa shape index (κ1) is 14.7. The Balaban J connectivity index is 1.92. The lowest BCUT2D eigenvalue weighted by molar-refractivity contribution is 0.255. The lowest BCUT2D eigenvalue weighted by Gasteiger charge is -2.10. The molecule has 0 bridgehead atoms. The van der Waals surface area contributed by atoms with Crippen LogP contribution in [0.3, 0.4) is 0 Å². The first-order valence-electron chi connectivity index (χ1n) is 6.80. The Labute approximate surface area is 124 Å². The van der Waals surface area contributed by atoms with E-state index in [1.165, 1.54) is 0 Å². The summed E-state index contributed by atoms with van der Waals surface area (Å²) in [5.41, 5.74) is 1.66. The van der Waals surface area contributed by atoms with Crippen LogP contribution in [0.1, 0.15) is 12.5 Å². The fourth-order valence-corrected chi connectivity index (χ4v) is 1.79. The molecule has 0 heterocycles. The van der Waals surface area contributed by atoms with Crippen LogP contribution in [-0.4, -0.2) is 12.6 Å². The Morgan fingerprint density at radius 3 is 2.57 bits per heavy atom. The van der Waals surface area contributed by atoms with Crippen LogP contribution >= 0.6 is 0 Å². The van der Waals surface area contributed by atoms with Crippen molar-refractivity contribution in [2.45, 2.75) is 6.92 Å². The van der Waals surface area contributed by atoms with Crippen molar-refractivity contribution >= 4 is 17.8 Å². The molecular formula is C17H18N2O2. The van der Waals surface area contributed by atoms with Gasteiger partial charge in [0.15, 0.2) is 0 Å². The molecule has 2 aromatic rings. The van der Waals surface area contributed by atoms with Crippen LogP contribution in [0.2, 0.25) is 0 Å². The Kier molecular flexibility index (Phi) is 5.41. The highest BCUT2D eigenvalue weighted by atomic mass is 16.5. The smallest absolute Gasteiger partial charge is 0.323 e.